The molecule has 1 aliphatic rings. The van der Waals surface area contributed by atoms with E-state index >= 15 is 0 Å². The Hall–Kier alpha value is -1.91. The summed E-state index contributed by atoms with van der Waals surface area (Å²) in [5, 5.41) is 12.2. The number of carbonyl (C=O) groups is 1. The summed E-state index contributed by atoms with van der Waals surface area (Å²) in [6.07, 6.45) is 0. The van der Waals surface area contributed by atoms with Gasteiger partial charge in [-0.15, -0.1) is 0 Å². The van der Waals surface area contributed by atoms with Gasteiger partial charge >= 0.3 is 6.03 Å². The molecule has 1 saturated heterocycles. The second-order valence-electron chi connectivity index (χ2n) is 3.97. The highest BCUT2D eigenvalue weighted by atomic mass is 16.5. The highest BCUT2D eigenvalue weighted by Gasteiger charge is 2.18. The van der Waals surface area contributed by atoms with Crippen molar-refractivity contribution in [1.29, 1.82) is 0 Å². The first kappa shape index (κ1) is 11.6. The van der Waals surface area contributed by atoms with Gasteiger partial charge in [-0.2, -0.15) is 0 Å². The summed E-state index contributed by atoms with van der Waals surface area (Å²) in [7, 11) is 0. The van der Waals surface area contributed by atoms with E-state index in [0.29, 0.717) is 25.4 Å². The van der Waals surface area contributed by atoms with Gasteiger partial charge in [0.25, 0.3) is 0 Å². The number of hydrogen-bond donors (Lipinski definition) is 2. The van der Waals surface area contributed by atoms with Gasteiger partial charge in [-0.3, -0.25) is 0 Å². The van der Waals surface area contributed by atoms with Crippen molar-refractivity contribution in [2.24, 2.45) is 0 Å². The van der Waals surface area contributed by atoms with Crippen LogP contribution in [0.4, 0.5) is 4.79 Å². The maximum Gasteiger partial charge on any atom is 0.317 e. The first-order valence-corrected chi connectivity index (χ1v) is 5.62. The molecule has 0 aliphatic carbocycles. The number of nitrogens with zero attached hydrogens (tertiary/aromatic N) is 1. The zero-order valence-corrected chi connectivity index (χ0v) is 9.77. The zero-order chi connectivity index (χ0) is 12.3. The quantitative estimate of drug-likeness (QED) is 0.823. The van der Waals surface area contributed by atoms with Crippen LogP contribution in [0.2, 0.25) is 0 Å². The Morgan fingerprint density at radius 2 is 2.35 bits per heavy atom. The molecule has 17 heavy (non-hydrogen) atoms. The van der Waals surface area contributed by atoms with Crippen LogP contribution in [0.5, 0.6) is 11.5 Å². The molecule has 2 N–H and O–H groups in total. The van der Waals surface area contributed by atoms with Crippen LogP contribution in [-0.2, 0) is 0 Å². The number of phenols is 1. The molecule has 1 aromatic rings. The molecule has 0 spiro atoms. The second kappa shape index (κ2) is 4.95. The summed E-state index contributed by atoms with van der Waals surface area (Å²) in [6, 6.07) is 5.12. The first-order chi connectivity index (χ1) is 8.18. The SMILES string of the molecule is Cc1c(O)cccc1OCCN1CCNC1=O. The van der Waals surface area contributed by atoms with Crippen LogP contribution in [0.1, 0.15) is 5.56 Å². The molecule has 5 heteroatoms. The lowest BCUT2D eigenvalue weighted by Crippen LogP contribution is -2.31. The number of aromatic hydroxyl groups is 1. The Balaban J connectivity index is 1.86. The van der Waals surface area contributed by atoms with Gasteiger partial charge in [-0.05, 0) is 19.1 Å². The molecule has 1 fully saturated rings. The largest absolute Gasteiger partial charge is 0.508 e. The van der Waals surface area contributed by atoms with Crippen molar-refractivity contribution in [2.45, 2.75) is 6.92 Å². The molecule has 0 aromatic heterocycles. The van der Waals surface area contributed by atoms with Crippen LogP contribution in [0.3, 0.4) is 0 Å². The zero-order valence-electron chi connectivity index (χ0n) is 9.77. The van der Waals surface area contributed by atoms with Crippen molar-refractivity contribution in [3.05, 3.63) is 23.8 Å². The molecule has 1 heterocycles. The van der Waals surface area contributed by atoms with E-state index < -0.39 is 0 Å². The molecular formula is C12H16N2O3. The van der Waals surface area contributed by atoms with Gasteiger partial charge in [0.15, 0.2) is 0 Å². The van der Waals surface area contributed by atoms with Gasteiger partial charge < -0.3 is 20.1 Å². The van der Waals surface area contributed by atoms with Gasteiger partial charge in [-0.1, -0.05) is 6.07 Å². The fraction of sp³-hybridized carbons (Fsp3) is 0.417. The summed E-state index contributed by atoms with van der Waals surface area (Å²) >= 11 is 0. The minimum absolute atomic E-state index is 0.0405. The highest BCUT2D eigenvalue weighted by Crippen LogP contribution is 2.25. The smallest absolute Gasteiger partial charge is 0.317 e. The minimum Gasteiger partial charge on any atom is -0.508 e. The predicted molar refractivity (Wildman–Crippen MR) is 63.3 cm³/mol. The van der Waals surface area contributed by atoms with E-state index in [1.54, 1.807) is 30.0 Å². The predicted octanol–water partition coefficient (Wildman–Crippen LogP) is 1.10. The van der Waals surface area contributed by atoms with Crippen LogP contribution in [-0.4, -0.2) is 42.3 Å². The topological polar surface area (TPSA) is 61.8 Å². The summed E-state index contributed by atoms with van der Waals surface area (Å²) in [5.41, 5.74) is 0.721. The lowest BCUT2D eigenvalue weighted by Gasteiger charge is -2.15. The van der Waals surface area contributed by atoms with Crippen LogP contribution in [0, 0.1) is 6.92 Å². The van der Waals surface area contributed by atoms with Crippen molar-refractivity contribution in [3.63, 3.8) is 0 Å². The third kappa shape index (κ3) is 2.61. The molecule has 2 amide bonds. The monoisotopic (exact) mass is 236 g/mol. The molecule has 0 saturated carbocycles. The summed E-state index contributed by atoms with van der Waals surface area (Å²) in [6.45, 7) is 4.21. The average molecular weight is 236 g/mol. The normalized spacial score (nSPS) is 14.9. The van der Waals surface area contributed by atoms with Crippen molar-refractivity contribution in [1.82, 2.24) is 10.2 Å². The van der Waals surface area contributed by atoms with E-state index in [1.807, 2.05) is 0 Å². The molecule has 0 atom stereocenters. The number of hydrogen-bond acceptors (Lipinski definition) is 3. The fourth-order valence-corrected chi connectivity index (χ4v) is 1.75. The highest BCUT2D eigenvalue weighted by molar-refractivity contribution is 5.76. The van der Waals surface area contributed by atoms with E-state index in [2.05, 4.69) is 5.32 Å². The minimum atomic E-state index is -0.0405. The molecule has 92 valence electrons. The number of rotatable bonds is 4. The van der Waals surface area contributed by atoms with Gasteiger partial charge in [0, 0.05) is 18.7 Å². The van der Waals surface area contributed by atoms with Crippen molar-refractivity contribution >= 4 is 6.03 Å². The van der Waals surface area contributed by atoms with Gasteiger partial charge in [0.1, 0.15) is 18.1 Å². The Bertz CT molecular complexity index is 420. The number of benzene rings is 1. The van der Waals surface area contributed by atoms with Crippen LogP contribution >= 0.6 is 0 Å². The fourth-order valence-electron chi connectivity index (χ4n) is 1.75. The number of ether oxygens (including phenoxy) is 1. The molecule has 0 unspecified atom stereocenters. The maximum atomic E-state index is 11.3. The number of amides is 2. The second-order valence-corrected chi connectivity index (χ2v) is 3.97. The van der Waals surface area contributed by atoms with E-state index in [-0.39, 0.29) is 11.8 Å². The first-order valence-electron chi connectivity index (χ1n) is 5.62. The van der Waals surface area contributed by atoms with Crippen LogP contribution < -0.4 is 10.1 Å². The van der Waals surface area contributed by atoms with Crippen molar-refractivity contribution < 1.29 is 14.6 Å². The Morgan fingerprint density at radius 1 is 1.53 bits per heavy atom. The lowest BCUT2D eigenvalue weighted by atomic mass is 10.2. The van der Waals surface area contributed by atoms with Crippen molar-refractivity contribution in [3.8, 4) is 11.5 Å². The van der Waals surface area contributed by atoms with Crippen LogP contribution in [0.25, 0.3) is 0 Å². The lowest BCUT2D eigenvalue weighted by molar-refractivity contribution is 0.202. The Labute approximate surface area is 100.0 Å². The van der Waals surface area contributed by atoms with Crippen LogP contribution in [0.15, 0.2) is 18.2 Å². The number of carbonyl (C=O) groups excluding carboxylic acids is 1. The molecule has 0 radical (unpaired) electrons. The molecule has 0 bridgehead atoms. The van der Waals surface area contributed by atoms with Gasteiger partial charge in [0.2, 0.25) is 0 Å². The van der Waals surface area contributed by atoms with Crippen molar-refractivity contribution in [2.75, 3.05) is 26.2 Å². The molecule has 5 nitrogen and oxygen atoms in total. The van der Waals surface area contributed by atoms with E-state index in [4.69, 9.17) is 4.74 Å². The summed E-state index contributed by atoms with van der Waals surface area (Å²) in [5.74, 6) is 0.881. The van der Waals surface area contributed by atoms with E-state index in [0.717, 1.165) is 12.1 Å². The Kier molecular flexibility index (Phi) is 3.37. The standard InChI is InChI=1S/C12H16N2O3/c1-9-10(15)3-2-4-11(9)17-8-7-14-6-5-13-12(14)16/h2-4,15H,5-8H2,1H3,(H,13,16). The molecule has 2 rings (SSSR count). The Morgan fingerprint density at radius 3 is 3.06 bits per heavy atom. The van der Waals surface area contributed by atoms with E-state index in [1.165, 1.54) is 0 Å². The summed E-state index contributed by atoms with van der Waals surface area (Å²) < 4.78 is 5.55. The maximum absolute atomic E-state index is 11.3. The third-order valence-electron chi connectivity index (χ3n) is 2.82. The number of nitrogens with one attached hydrogen (secondary N) is 1. The molecular weight excluding hydrogens is 220 g/mol. The number of urea groups is 1. The van der Waals surface area contributed by atoms with Gasteiger partial charge in [-0.25, -0.2) is 4.79 Å². The van der Waals surface area contributed by atoms with E-state index in [9.17, 15) is 9.90 Å². The molecule has 1 aromatic carbocycles. The summed E-state index contributed by atoms with van der Waals surface area (Å²) in [4.78, 5) is 13.0. The van der Waals surface area contributed by atoms with Gasteiger partial charge in [0.05, 0.1) is 6.54 Å². The number of phenolic OH excluding ortho intramolecular Hbond substituents is 1. The third-order valence-corrected chi connectivity index (χ3v) is 2.82. The average Bonchev–Trinajstić information content (AvgIpc) is 2.71. The molecule has 1 aliphatic heterocycles.